The second-order valence-corrected chi connectivity index (χ2v) is 6.83. The van der Waals surface area contributed by atoms with E-state index < -0.39 is 5.97 Å². The molecule has 7 heteroatoms. The number of rotatable bonds is 3. The Labute approximate surface area is 141 Å². The molecular weight excluding hydrogens is 552 g/mol. The highest BCUT2D eigenvalue weighted by molar-refractivity contribution is 9.15. The first-order valence-electron chi connectivity index (χ1n) is 4.19. The molecule has 0 aliphatic carbocycles. The number of ether oxygens (including phenoxy) is 1. The van der Waals surface area contributed by atoms with Gasteiger partial charge in [0.15, 0.2) is 0 Å². The lowest BCUT2D eigenvalue weighted by atomic mass is 10.2. The Morgan fingerprint density at radius 1 is 1.00 bits per heavy atom. The molecule has 92 valence electrons. The molecule has 0 spiro atoms. The molecule has 0 atom stereocenters. The van der Waals surface area contributed by atoms with Gasteiger partial charge in [-0.1, -0.05) is 6.58 Å². The van der Waals surface area contributed by atoms with E-state index in [-0.39, 0.29) is 6.61 Å². The monoisotopic (exact) mass is 552 g/mol. The van der Waals surface area contributed by atoms with Crippen LogP contribution in [0.15, 0.2) is 35.0 Å². The third kappa shape index (κ3) is 3.65. The fourth-order valence-electron chi connectivity index (χ4n) is 0.979. The average molecular weight is 557 g/mol. The van der Waals surface area contributed by atoms with E-state index in [0.717, 1.165) is 34.0 Å². The molecule has 0 radical (unpaired) electrons. The fourth-order valence-corrected chi connectivity index (χ4v) is 4.34. The quantitative estimate of drug-likeness (QED) is 0.206. The minimum atomic E-state index is -0.459. The Bertz CT molecular complexity index is 455. The molecule has 2 nitrogen and oxygen atoms in total. The van der Waals surface area contributed by atoms with E-state index in [1.54, 1.807) is 0 Å². The molecule has 0 aromatic heterocycles. The molecule has 0 N–H and O–H groups in total. The van der Waals surface area contributed by atoms with Gasteiger partial charge in [0.05, 0.1) is 0 Å². The molecule has 0 bridgehead atoms. The van der Waals surface area contributed by atoms with Crippen LogP contribution in [0.25, 0.3) is 0 Å². The Hall–Kier alpha value is 0.830. The van der Waals surface area contributed by atoms with Gasteiger partial charge >= 0.3 is 5.97 Å². The van der Waals surface area contributed by atoms with Gasteiger partial charge in [-0.2, -0.15) is 0 Å². The van der Waals surface area contributed by atoms with E-state index in [2.05, 4.69) is 86.2 Å². The van der Waals surface area contributed by atoms with Crippen molar-refractivity contribution in [3.05, 3.63) is 40.6 Å². The first-order chi connectivity index (χ1) is 7.90. The first-order valence-corrected chi connectivity index (χ1v) is 8.16. The lowest BCUT2D eigenvalue weighted by molar-refractivity contribution is -0.139. The van der Waals surface area contributed by atoms with Crippen molar-refractivity contribution in [2.45, 2.75) is 6.61 Å². The van der Waals surface area contributed by atoms with Crippen molar-refractivity contribution in [1.82, 2.24) is 0 Å². The van der Waals surface area contributed by atoms with Gasteiger partial charge in [0, 0.05) is 34.0 Å². The number of esters is 1. The van der Waals surface area contributed by atoms with Crippen LogP contribution < -0.4 is 0 Å². The second kappa shape index (κ2) is 6.84. The third-order valence-electron chi connectivity index (χ3n) is 1.83. The second-order valence-electron chi connectivity index (χ2n) is 2.86. The summed E-state index contributed by atoms with van der Waals surface area (Å²) in [7, 11) is 0. The standard InChI is InChI=1S/C10H5Br5O2/c1-2-5(16)17-3-4-6(11)8(13)10(15)9(14)7(4)12/h2H,1,3H2. The molecule has 1 rings (SSSR count). The van der Waals surface area contributed by atoms with E-state index in [4.69, 9.17) is 4.74 Å². The summed E-state index contributed by atoms with van der Waals surface area (Å²) in [6.07, 6.45) is 1.13. The number of carbonyl (C=O) groups is 1. The normalized spacial score (nSPS) is 10.2. The maximum absolute atomic E-state index is 11.0. The number of hydrogen-bond acceptors (Lipinski definition) is 2. The van der Waals surface area contributed by atoms with Crippen LogP contribution in [0.5, 0.6) is 0 Å². The van der Waals surface area contributed by atoms with E-state index in [0.29, 0.717) is 0 Å². The zero-order valence-corrected chi connectivity index (χ0v) is 16.1. The predicted molar refractivity (Wildman–Crippen MR) is 84.9 cm³/mol. The van der Waals surface area contributed by atoms with E-state index in [9.17, 15) is 4.79 Å². The van der Waals surface area contributed by atoms with Crippen molar-refractivity contribution in [3.63, 3.8) is 0 Å². The Morgan fingerprint density at radius 3 is 1.82 bits per heavy atom. The molecule has 0 fully saturated rings. The van der Waals surface area contributed by atoms with Gasteiger partial charge < -0.3 is 4.74 Å². The number of halogens is 5. The molecule has 0 aliphatic rings. The largest absolute Gasteiger partial charge is 0.458 e. The van der Waals surface area contributed by atoms with Crippen molar-refractivity contribution in [2.24, 2.45) is 0 Å². The SMILES string of the molecule is C=CC(=O)OCc1c(Br)c(Br)c(Br)c(Br)c1Br. The van der Waals surface area contributed by atoms with Crippen molar-refractivity contribution >= 4 is 85.6 Å². The molecule has 0 heterocycles. The summed E-state index contributed by atoms with van der Waals surface area (Å²) in [4.78, 5) is 11.0. The predicted octanol–water partition coefficient (Wildman–Crippen LogP) is 5.73. The molecule has 0 saturated carbocycles. The van der Waals surface area contributed by atoms with E-state index in [1.165, 1.54) is 0 Å². The molecule has 0 unspecified atom stereocenters. The van der Waals surface area contributed by atoms with Crippen molar-refractivity contribution in [1.29, 1.82) is 0 Å². The summed E-state index contributed by atoms with van der Waals surface area (Å²) in [6, 6.07) is 0. The van der Waals surface area contributed by atoms with Crippen LogP contribution >= 0.6 is 79.6 Å². The minimum Gasteiger partial charge on any atom is -0.458 e. The van der Waals surface area contributed by atoms with Crippen molar-refractivity contribution in [2.75, 3.05) is 0 Å². The van der Waals surface area contributed by atoms with Crippen LogP contribution in [0, 0.1) is 0 Å². The molecule has 0 saturated heterocycles. The average Bonchev–Trinajstić information content (AvgIpc) is 2.33. The molecule has 0 aliphatic heterocycles. The topological polar surface area (TPSA) is 26.3 Å². The van der Waals surface area contributed by atoms with Crippen LogP contribution in [0.3, 0.4) is 0 Å². The van der Waals surface area contributed by atoms with Crippen LogP contribution in [-0.2, 0) is 16.1 Å². The van der Waals surface area contributed by atoms with Crippen LogP contribution in [0.2, 0.25) is 0 Å². The molecule has 17 heavy (non-hydrogen) atoms. The molecule has 0 amide bonds. The maximum atomic E-state index is 11.0. The Kier molecular flexibility index (Phi) is 6.39. The Balaban J connectivity index is 3.16. The molecular formula is C10H5Br5O2. The van der Waals surface area contributed by atoms with Crippen molar-refractivity contribution in [3.8, 4) is 0 Å². The summed E-state index contributed by atoms with van der Waals surface area (Å²) >= 11 is 17.2. The number of carbonyl (C=O) groups excluding carboxylic acids is 1. The van der Waals surface area contributed by atoms with Gasteiger partial charge in [0.2, 0.25) is 0 Å². The van der Waals surface area contributed by atoms with Crippen molar-refractivity contribution < 1.29 is 9.53 Å². The molecule has 1 aromatic carbocycles. The third-order valence-corrected chi connectivity index (χ3v) is 8.08. The Morgan fingerprint density at radius 2 is 1.41 bits per heavy atom. The smallest absolute Gasteiger partial charge is 0.330 e. The maximum Gasteiger partial charge on any atom is 0.330 e. The fraction of sp³-hybridized carbons (Fsp3) is 0.100. The van der Waals surface area contributed by atoms with E-state index in [1.807, 2.05) is 0 Å². The first kappa shape index (κ1) is 15.9. The summed E-state index contributed by atoms with van der Waals surface area (Å²) in [6.45, 7) is 3.49. The highest BCUT2D eigenvalue weighted by Gasteiger charge is 2.18. The van der Waals surface area contributed by atoms with Crippen LogP contribution in [-0.4, -0.2) is 5.97 Å². The van der Waals surface area contributed by atoms with Gasteiger partial charge in [-0.15, -0.1) is 0 Å². The minimum absolute atomic E-state index is 0.149. The summed E-state index contributed by atoms with van der Waals surface area (Å²) in [5.41, 5.74) is 0.821. The van der Waals surface area contributed by atoms with Gasteiger partial charge in [-0.05, 0) is 79.6 Å². The van der Waals surface area contributed by atoms with Gasteiger partial charge in [-0.3, -0.25) is 0 Å². The lowest BCUT2D eigenvalue weighted by Crippen LogP contribution is -2.02. The van der Waals surface area contributed by atoms with Crippen LogP contribution in [0.1, 0.15) is 5.56 Å². The lowest BCUT2D eigenvalue weighted by Gasteiger charge is -2.13. The van der Waals surface area contributed by atoms with Gasteiger partial charge in [0.1, 0.15) is 6.61 Å². The highest BCUT2D eigenvalue weighted by atomic mass is 79.9. The summed E-state index contributed by atoms with van der Waals surface area (Å²) in [5.74, 6) is -0.459. The summed E-state index contributed by atoms with van der Waals surface area (Å²) < 4.78 is 9.21. The number of benzene rings is 1. The van der Waals surface area contributed by atoms with Gasteiger partial charge in [-0.25, -0.2) is 4.79 Å². The zero-order valence-electron chi connectivity index (χ0n) is 8.20. The summed E-state index contributed by atoms with van der Waals surface area (Å²) in [5, 5.41) is 0. The van der Waals surface area contributed by atoms with E-state index >= 15 is 0 Å². The number of hydrogen-bond donors (Lipinski definition) is 0. The van der Waals surface area contributed by atoms with Crippen LogP contribution in [0.4, 0.5) is 0 Å². The molecule has 1 aromatic rings. The van der Waals surface area contributed by atoms with Gasteiger partial charge in [0.25, 0.3) is 0 Å². The zero-order chi connectivity index (χ0) is 13.2. The highest BCUT2D eigenvalue weighted by Crippen LogP contribution is 2.44.